The second-order valence-electron chi connectivity index (χ2n) is 7.26. The molecule has 0 aromatic rings. The smallest absolute Gasteiger partial charge is 0.219 e. The Morgan fingerprint density at radius 3 is 2.30 bits per heavy atom. The SMILES string of the molecule is CC(=O)N1CCC(NC2CCC3CCCCC3C2)CC1. The molecule has 3 rings (SSSR count). The summed E-state index contributed by atoms with van der Waals surface area (Å²) in [5.74, 6) is 2.29. The molecule has 1 N–H and O–H groups in total. The van der Waals surface area contributed by atoms with Crippen molar-refractivity contribution >= 4 is 5.91 Å². The van der Waals surface area contributed by atoms with Crippen LogP contribution >= 0.6 is 0 Å². The summed E-state index contributed by atoms with van der Waals surface area (Å²) in [6.07, 6.45) is 12.4. The molecule has 1 aliphatic heterocycles. The van der Waals surface area contributed by atoms with Gasteiger partial charge in [-0.2, -0.15) is 0 Å². The van der Waals surface area contributed by atoms with Gasteiger partial charge >= 0.3 is 0 Å². The van der Waals surface area contributed by atoms with Crippen LogP contribution in [0.15, 0.2) is 0 Å². The van der Waals surface area contributed by atoms with E-state index < -0.39 is 0 Å². The third-order valence-electron chi connectivity index (χ3n) is 5.95. The molecule has 114 valence electrons. The van der Waals surface area contributed by atoms with Crippen LogP contribution in [0, 0.1) is 11.8 Å². The Kier molecular flexibility index (Phi) is 4.65. The lowest BCUT2D eigenvalue weighted by Crippen LogP contribution is -2.49. The quantitative estimate of drug-likeness (QED) is 0.842. The first-order chi connectivity index (χ1) is 9.72. The Labute approximate surface area is 123 Å². The third kappa shape index (κ3) is 3.36. The molecule has 1 saturated heterocycles. The molecule has 2 saturated carbocycles. The topological polar surface area (TPSA) is 32.3 Å². The molecule has 0 bridgehead atoms. The van der Waals surface area contributed by atoms with Crippen molar-refractivity contribution < 1.29 is 4.79 Å². The number of nitrogens with one attached hydrogen (secondary N) is 1. The second kappa shape index (κ2) is 6.46. The first-order valence-electron chi connectivity index (χ1n) is 8.74. The minimum Gasteiger partial charge on any atom is -0.343 e. The molecule has 1 heterocycles. The van der Waals surface area contributed by atoms with Crippen molar-refractivity contribution in [3.63, 3.8) is 0 Å². The summed E-state index contributed by atoms with van der Waals surface area (Å²) in [5.41, 5.74) is 0. The normalized spacial score (nSPS) is 35.6. The number of fused-ring (bicyclic) bond motifs is 1. The van der Waals surface area contributed by atoms with Gasteiger partial charge in [-0.15, -0.1) is 0 Å². The van der Waals surface area contributed by atoms with E-state index in [9.17, 15) is 4.79 Å². The summed E-state index contributed by atoms with van der Waals surface area (Å²) in [6, 6.07) is 1.40. The number of hydrogen-bond acceptors (Lipinski definition) is 2. The second-order valence-corrected chi connectivity index (χ2v) is 7.26. The van der Waals surface area contributed by atoms with Gasteiger partial charge in [-0.25, -0.2) is 0 Å². The monoisotopic (exact) mass is 278 g/mol. The van der Waals surface area contributed by atoms with E-state index in [1.807, 2.05) is 4.90 Å². The first-order valence-corrected chi connectivity index (χ1v) is 8.74. The predicted octanol–water partition coefficient (Wildman–Crippen LogP) is 2.95. The maximum absolute atomic E-state index is 11.4. The highest BCUT2D eigenvalue weighted by atomic mass is 16.2. The standard InChI is InChI=1S/C17H30N2O/c1-13(20)19-10-8-16(9-11-19)18-17-7-6-14-4-2-3-5-15(14)12-17/h14-18H,2-12H2,1H3. The van der Waals surface area contributed by atoms with Gasteiger partial charge in [0.2, 0.25) is 5.91 Å². The molecule has 0 aromatic carbocycles. The molecule has 0 spiro atoms. The van der Waals surface area contributed by atoms with Crippen LogP contribution in [0.1, 0.15) is 64.7 Å². The minimum absolute atomic E-state index is 0.242. The van der Waals surface area contributed by atoms with Gasteiger partial charge in [-0.05, 0) is 43.9 Å². The van der Waals surface area contributed by atoms with Crippen LogP contribution < -0.4 is 5.32 Å². The molecule has 20 heavy (non-hydrogen) atoms. The van der Waals surface area contributed by atoms with Crippen LogP contribution in [-0.2, 0) is 4.79 Å². The third-order valence-corrected chi connectivity index (χ3v) is 5.95. The zero-order valence-electron chi connectivity index (χ0n) is 12.9. The molecule has 3 aliphatic rings. The lowest BCUT2D eigenvalue weighted by Gasteiger charge is -2.42. The van der Waals surface area contributed by atoms with E-state index in [1.54, 1.807) is 6.92 Å². The van der Waals surface area contributed by atoms with Gasteiger partial charge < -0.3 is 10.2 Å². The molecular formula is C17H30N2O. The number of hydrogen-bond donors (Lipinski definition) is 1. The molecule has 1 amide bonds. The van der Waals surface area contributed by atoms with E-state index in [-0.39, 0.29) is 5.91 Å². The molecule has 2 aliphatic carbocycles. The van der Waals surface area contributed by atoms with E-state index in [0.29, 0.717) is 6.04 Å². The summed E-state index contributed by atoms with van der Waals surface area (Å²) >= 11 is 0. The van der Waals surface area contributed by atoms with Crippen LogP contribution in [0.4, 0.5) is 0 Å². The Hall–Kier alpha value is -0.570. The number of likely N-dealkylation sites (tertiary alicyclic amines) is 1. The van der Waals surface area contributed by atoms with Crippen LogP contribution in [0.5, 0.6) is 0 Å². The highest BCUT2D eigenvalue weighted by Gasteiger charge is 2.33. The van der Waals surface area contributed by atoms with E-state index in [4.69, 9.17) is 0 Å². The van der Waals surface area contributed by atoms with Crippen molar-refractivity contribution in [2.75, 3.05) is 13.1 Å². The van der Waals surface area contributed by atoms with Crippen LogP contribution in [0.25, 0.3) is 0 Å². The summed E-state index contributed by atoms with van der Waals surface area (Å²) in [5, 5.41) is 3.91. The molecule has 3 nitrogen and oxygen atoms in total. The van der Waals surface area contributed by atoms with Crippen molar-refractivity contribution in [3.05, 3.63) is 0 Å². The zero-order chi connectivity index (χ0) is 13.9. The number of carbonyl (C=O) groups excluding carboxylic acids is 1. The maximum atomic E-state index is 11.4. The summed E-state index contributed by atoms with van der Waals surface area (Å²) in [6.45, 7) is 3.59. The van der Waals surface area contributed by atoms with Crippen LogP contribution in [0.3, 0.4) is 0 Å². The van der Waals surface area contributed by atoms with Gasteiger partial charge in [0, 0.05) is 32.1 Å². The molecular weight excluding hydrogens is 248 g/mol. The molecule has 3 fully saturated rings. The minimum atomic E-state index is 0.242. The van der Waals surface area contributed by atoms with E-state index >= 15 is 0 Å². The Morgan fingerprint density at radius 1 is 0.900 bits per heavy atom. The summed E-state index contributed by atoms with van der Waals surface area (Å²) in [4.78, 5) is 13.4. The van der Waals surface area contributed by atoms with Crippen molar-refractivity contribution in [2.45, 2.75) is 76.8 Å². The molecule has 3 heteroatoms. The predicted molar refractivity (Wildman–Crippen MR) is 81.5 cm³/mol. The highest BCUT2D eigenvalue weighted by Crippen LogP contribution is 2.40. The summed E-state index contributed by atoms with van der Waals surface area (Å²) in [7, 11) is 0. The van der Waals surface area contributed by atoms with Crippen LogP contribution in [-0.4, -0.2) is 36.0 Å². The number of amides is 1. The average molecular weight is 278 g/mol. The fourth-order valence-electron chi connectivity index (χ4n) is 4.72. The molecule has 0 radical (unpaired) electrons. The largest absolute Gasteiger partial charge is 0.343 e. The van der Waals surface area contributed by atoms with Crippen LogP contribution in [0.2, 0.25) is 0 Å². The number of piperidine rings is 1. The Balaban J connectivity index is 1.44. The van der Waals surface area contributed by atoms with Gasteiger partial charge in [0.1, 0.15) is 0 Å². The van der Waals surface area contributed by atoms with Crippen molar-refractivity contribution in [3.8, 4) is 0 Å². The van der Waals surface area contributed by atoms with Gasteiger partial charge in [-0.3, -0.25) is 4.79 Å². The van der Waals surface area contributed by atoms with Crippen molar-refractivity contribution in [2.24, 2.45) is 11.8 Å². The molecule has 3 atom stereocenters. The fraction of sp³-hybridized carbons (Fsp3) is 0.941. The number of nitrogens with zero attached hydrogens (tertiary/aromatic N) is 1. The van der Waals surface area contributed by atoms with Crippen molar-refractivity contribution in [1.82, 2.24) is 10.2 Å². The highest BCUT2D eigenvalue weighted by molar-refractivity contribution is 5.73. The van der Waals surface area contributed by atoms with Gasteiger partial charge in [-0.1, -0.05) is 25.7 Å². The average Bonchev–Trinajstić information content (AvgIpc) is 2.48. The fourth-order valence-corrected chi connectivity index (χ4v) is 4.72. The van der Waals surface area contributed by atoms with Crippen molar-refractivity contribution in [1.29, 1.82) is 0 Å². The van der Waals surface area contributed by atoms with E-state index in [1.165, 1.54) is 44.9 Å². The Morgan fingerprint density at radius 2 is 1.60 bits per heavy atom. The Bertz CT molecular complexity index is 336. The van der Waals surface area contributed by atoms with Gasteiger partial charge in [0.25, 0.3) is 0 Å². The zero-order valence-corrected chi connectivity index (χ0v) is 12.9. The lowest BCUT2D eigenvalue weighted by atomic mass is 9.69. The van der Waals surface area contributed by atoms with Gasteiger partial charge in [0.15, 0.2) is 0 Å². The summed E-state index contributed by atoms with van der Waals surface area (Å²) < 4.78 is 0. The number of rotatable bonds is 2. The molecule has 0 aromatic heterocycles. The first kappa shape index (κ1) is 14.4. The molecule has 3 unspecified atom stereocenters. The lowest BCUT2D eigenvalue weighted by molar-refractivity contribution is -0.129. The maximum Gasteiger partial charge on any atom is 0.219 e. The van der Waals surface area contributed by atoms with E-state index in [0.717, 1.165) is 43.8 Å². The van der Waals surface area contributed by atoms with E-state index in [2.05, 4.69) is 5.32 Å². The number of carbonyl (C=O) groups is 1. The van der Waals surface area contributed by atoms with Gasteiger partial charge in [0.05, 0.1) is 0 Å².